The van der Waals surface area contributed by atoms with Gasteiger partial charge in [-0.2, -0.15) is 13.2 Å². The Hall–Kier alpha value is -2.27. The molecule has 170 valence electrons. The second kappa shape index (κ2) is 7.90. The fraction of sp³-hybridized carbons (Fsp3) is 0.190. The third kappa shape index (κ3) is 3.60. The maximum Gasteiger partial charge on any atom is 0.416 e. The van der Waals surface area contributed by atoms with Crippen molar-refractivity contribution in [3.8, 4) is 0 Å². The minimum Gasteiger partial charge on any atom is -0.307 e. The van der Waals surface area contributed by atoms with Gasteiger partial charge in [-0.15, -0.1) is 0 Å². The highest BCUT2D eigenvalue weighted by molar-refractivity contribution is 8.00. The maximum atomic E-state index is 13.6. The van der Waals surface area contributed by atoms with Crippen LogP contribution in [-0.4, -0.2) is 22.0 Å². The summed E-state index contributed by atoms with van der Waals surface area (Å²) in [5.41, 5.74) is -0.674. The highest BCUT2D eigenvalue weighted by atomic mass is 35.5. The number of aromatic amines is 1. The van der Waals surface area contributed by atoms with Crippen molar-refractivity contribution in [1.82, 2.24) is 4.98 Å². The summed E-state index contributed by atoms with van der Waals surface area (Å²) < 4.78 is 39.7. The SMILES string of the molecule is O=C1C2Sc3[nH]c(=O)sc3[C@H](c3cccc(Cl)c3Cl)C2C(=O)N1c1cccc(C(F)(F)F)c1. The number of nitrogens with one attached hydrogen (secondary N) is 1. The number of alkyl halides is 3. The standard InChI is InChI=1S/C21H11Cl2F3N2O3S2/c22-11-6-2-5-10(14(11)23)12-13-16(32-17-15(12)33-20(31)27-17)19(30)28(18(13)29)9-4-1-3-8(7-9)21(24,25)26/h1-7,12-13,16H,(H,27,31)/t12-,13?,16?/m1/s1. The lowest BCUT2D eigenvalue weighted by Gasteiger charge is -2.30. The number of aromatic nitrogens is 1. The molecular formula is C21H11Cl2F3N2O3S2. The van der Waals surface area contributed by atoms with Crippen LogP contribution in [0.15, 0.2) is 52.3 Å². The van der Waals surface area contributed by atoms with Crippen molar-refractivity contribution in [3.05, 3.63) is 78.2 Å². The monoisotopic (exact) mass is 530 g/mol. The molecule has 1 saturated heterocycles. The van der Waals surface area contributed by atoms with Crippen LogP contribution in [0.5, 0.6) is 0 Å². The van der Waals surface area contributed by atoms with Crippen molar-refractivity contribution < 1.29 is 22.8 Å². The lowest BCUT2D eigenvalue weighted by Crippen LogP contribution is -2.32. The summed E-state index contributed by atoms with van der Waals surface area (Å²) in [6.07, 6.45) is -4.64. The number of benzene rings is 2. The second-order valence-electron chi connectivity index (χ2n) is 7.45. The molecule has 0 saturated carbocycles. The summed E-state index contributed by atoms with van der Waals surface area (Å²) in [5.74, 6) is -3.07. The van der Waals surface area contributed by atoms with Crippen molar-refractivity contribution in [2.24, 2.45) is 5.92 Å². The molecule has 3 heterocycles. The Morgan fingerprint density at radius 3 is 2.45 bits per heavy atom. The molecule has 2 aromatic carbocycles. The van der Waals surface area contributed by atoms with Gasteiger partial charge in [0.05, 0.1) is 32.2 Å². The second-order valence-corrected chi connectivity index (χ2v) is 10.4. The zero-order valence-corrected chi connectivity index (χ0v) is 19.3. The van der Waals surface area contributed by atoms with Crippen LogP contribution in [0.4, 0.5) is 18.9 Å². The van der Waals surface area contributed by atoms with Gasteiger partial charge in [0.1, 0.15) is 5.25 Å². The van der Waals surface area contributed by atoms with Gasteiger partial charge in [-0.05, 0) is 29.8 Å². The number of halogens is 5. The van der Waals surface area contributed by atoms with E-state index in [2.05, 4.69) is 4.98 Å². The first-order valence-corrected chi connectivity index (χ1v) is 11.9. The lowest BCUT2D eigenvalue weighted by molar-refractivity contribution is -0.137. The van der Waals surface area contributed by atoms with E-state index in [9.17, 15) is 27.6 Å². The molecule has 1 aromatic heterocycles. The van der Waals surface area contributed by atoms with E-state index in [1.807, 2.05) is 0 Å². The molecule has 0 radical (unpaired) electrons. The van der Waals surface area contributed by atoms with Gasteiger partial charge in [0.15, 0.2) is 0 Å². The number of nitrogens with zero attached hydrogens (tertiary/aromatic N) is 1. The van der Waals surface area contributed by atoms with Gasteiger partial charge in [-0.25, -0.2) is 4.90 Å². The van der Waals surface area contributed by atoms with Crippen LogP contribution in [-0.2, 0) is 15.8 Å². The Balaban J connectivity index is 1.66. The molecule has 0 bridgehead atoms. The van der Waals surface area contributed by atoms with E-state index in [0.717, 1.165) is 46.2 Å². The fourth-order valence-corrected chi connectivity index (χ4v) is 7.12. The highest BCUT2D eigenvalue weighted by Gasteiger charge is 2.56. The molecular weight excluding hydrogens is 520 g/mol. The normalized spacial score (nSPS) is 22.5. The number of hydrogen-bond acceptors (Lipinski definition) is 5. The van der Waals surface area contributed by atoms with Crippen molar-refractivity contribution in [2.45, 2.75) is 22.4 Å². The molecule has 0 aliphatic carbocycles. The quantitative estimate of drug-likeness (QED) is 0.440. The first-order chi connectivity index (χ1) is 15.6. The number of carbonyl (C=O) groups excluding carboxylic acids is 2. The maximum absolute atomic E-state index is 13.6. The van der Waals surface area contributed by atoms with Crippen LogP contribution >= 0.6 is 46.3 Å². The first-order valence-electron chi connectivity index (χ1n) is 9.46. The fourth-order valence-electron chi connectivity index (χ4n) is 4.19. The third-order valence-electron chi connectivity index (χ3n) is 5.57. The van der Waals surface area contributed by atoms with Crippen LogP contribution in [0.3, 0.4) is 0 Å². The average molecular weight is 531 g/mol. The molecule has 5 nitrogen and oxygen atoms in total. The molecule has 1 fully saturated rings. The predicted octanol–water partition coefficient (Wildman–Crippen LogP) is 5.56. The number of imide groups is 1. The van der Waals surface area contributed by atoms with E-state index in [0.29, 0.717) is 15.5 Å². The molecule has 2 aliphatic heterocycles. The number of fused-ring (bicyclic) bond motifs is 2. The minimum absolute atomic E-state index is 0.164. The molecule has 0 spiro atoms. The zero-order chi connectivity index (χ0) is 23.7. The molecule has 5 rings (SSSR count). The Labute approximate surface area is 202 Å². The molecule has 33 heavy (non-hydrogen) atoms. The van der Waals surface area contributed by atoms with Gasteiger partial charge in [-0.3, -0.25) is 14.4 Å². The van der Waals surface area contributed by atoms with Crippen LogP contribution in [0.1, 0.15) is 21.9 Å². The van der Waals surface area contributed by atoms with E-state index < -0.39 is 40.6 Å². The lowest BCUT2D eigenvalue weighted by atomic mass is 9.83. The largest absolute Gasteiger partial charge is 0.416 e. The third-order valence-corrected chi connectivity index (χ3v) is 8.81. The van der Waals surface area contributed by atoms with Crippen LogP contribution in [0.25, 0.3) is 0 Å². The van der Waals surface area contributed by atoms with Crippen molar-refractivity contribution in [3.63, 3.8) is 0 Å². The summed E-state index contributed by atoms with van der Waals surface area (Å²) in [5, 5.41) is -0.108. The zero-order valence-electron chi connectivity index (χ0n) is 16.2. The Morgan fingerprint density at radius 2 is 1.73 bits per heavy atom. The first kappa shape index (κ1) is 22.5. The Kier molecular flexibility index (Phi) is 5.39. The average Bonchev–Trinajstić information content (AvgIpc) is 3.24. The number of thioether (sulfide) groups is 1. The van der Waals surface area contributed by atoms with E-state index in [1.54, 1.807) is 18.2 Å². The van der Waals surface area contributed by atoms with E-state index in [-0.39, 0.29) is 20.6 Å². The van der Waals surface area contributed by atoms with Gasteiger partial charge in [0.2, 0.25) is 11.8 Å². The van der Waals surface area contributed by atoms with Gasteiger partial charge >= 0.3 is 11.0 Å². The number of rotatable bonds is 2. The van der Waals surface area contributed by atoms with E-state index in [1.165, 1.54) is 6.07 Å². The van der Waals surface area contributed by atoms with Gasteiger partial charge in [-0.1, -0.05) is 64.5 Å². The minimum atomic E-state index is -4.64. The number of H-pyrrole nitrogens is 1. The summed E-state index contributed by atoms with van der Waals surface area (Å²) in [6.45, 7) is 0. The van der Waals surface area contributed by atoms with Crippen molar-refractivity contribution in [2.75, 3.05) is 4.90 Å². The van der Waals surface area contributed by atoms with Gasteiger partial charge in [0, 0.05) is 10.8 Å². The van der Waals surface area contributed by atoms with E-state index in [4.69, 9.17) is 23.2 Å². The molecule has 2 unspecified atom stereocenters. The summed E-state index contributed by atoms with van der Waals surface area (Å²) in [4.78, 5) is 42.6. The molecule has 2 aliphatic rings. The number of anilines is 1. The Morgan fingerprint density at radius 1 is 1.00 bits per heavy atom. The van der Waals surface area contributed by atoms with Gasteiger partial charge < -0.3 is 4.98 Å². The van der Waals surface area contributed by atoms with Crippen molar-refractivity contribution >= 4 is 63.8 Å². The summed E-state index contributed by atoms with van der Waals surface area (Å²) in [6, 6.07) is 8.94. The van der Waals surface area contributed by atoms with Crippen LogP contribution in [0.2, 0.25) is 10.0 Å². The summed E-state index contributed by atoms with van der Waals surface area (Å²) in [7, 11) is 0. The molecule has 3 aromatic rings. The van der Waals surface area contributed by atoms with Crippen LogP contribution < -0.4 is 9.77 Å². The number of carbonyl (C=O) groups is 2. The molecule has 1 N–H and O–H groups in total. The number of hydrogen-bond donors (Lipinski definition) is 1. The topological polar surface area (TPSA) is 70.2 Å². The Bertz CT molecular complexity index is 1370. The smallest absolute Gasteiger partial charge is 0.307 e. The van der Waals surface area contributed by atoms with Crippen LogP contribution in [0, 0.1) is 5.92 Å². The highest BCUT2D eigenvalue weighted by Crippen LogP contribution is 2.54. The van der Waals surface area contributed by atoms with Gasteiger partial charge in [0.25, 0.3) is 0 Å². The molecule has 2 amide bonds. The molecule has 12 heteroatoms. The van der Waals surface area contributed by atoms with E-state index >= 15 is 0 Å². The predicted molar refractivity (Wildman–Crippen MR) is 120 cm³/mol. The molecule has 3 atom stereocenters. The summed E-state index contributed by atoms with van der Waals surface area (Å²) >= 11 is 14.5. The number of amides is 2. The van der Waals surface area contributed by atoms with Crippen molar-refractivity contribution in [1.29, 1.82) is 0 Å². The number of thiazole rings is 1.